The van der Waals surface area contributed by atoms with Crippen molar-refractivity contribution in [2.24, 2.45) is 22.4 Å². The summed E-state index contributed by atoms with van der Waals surface area (Å²) in [4.78, 5) is 11.3. The molecule has 0 fully saturated rings. The van der Waals surface area contributed by atoms with E-state index >= 15 is 0 Å². The van der Waals surface area contributed by atoms with Crippen molar-refractivity contribution in [2.75, 3.05) is 0 Å². The fourth-order valence-corrected chi connectivity index (χ4v) is 2.55. The van der Waals surface area contributed by atoms with Crippen LogP contribution < -0.4 is 0 Å². The van der Waals surface area contributed by atoms with Crippen LogP contribution in [0.25, 0.3) is 0 Å². The van der Waals surface area contributed by atoms with Gasteiger partial charge in [-0.3, -0.25) is 0 Å². The first-order valence-electron chi connectivity index (χ1n) is 7.14. The van der Waals surface area contributed by atoms with E-state index in [1.165, 1.54) is 12.8 Å². The molecule has 102 valence electrons. The minimum absolute atomic E-state index is 0.308. The van der Waals surface area contributed by atoms with Gasteiger partial charge in [0.15, 0.2) is 0 Å². The zero-order chi connectivity index (χ0) is 13.7. The third-order valence-electron chi connectivity index (χ3n) is 5.13. The summed E-state index contributed by atoms with van der Waals surface area (Å²) in [6, 6.07) is 0. The SMILES string of the molecule is CC[C@H](CC(C)(CC)CC)C(C)(N=O)C(C)C. The van der Waals surface area contributed by atoms with Crippen LogP contribution in [0.2, 0.25) is 0 Å². The average Bonchev–Trinajstić information content (AvgIpc) is 2.34. The molecule has 0 saturated heterocycles. The molecule has 2 nitrogen and oxygen atoms in total. The molecule has 0 heterocycles. The first kappa shape index (κ1) is 16.6. The van der Waals surface area contributed by atoms with E-state index in [0.717, 1.165) is 12.8 Å². The lowest BCUT2D eigenvalue weighted by atomic mass is 9.67. The maximum Gasteiger partial charge on any atom is 0.105 e. The number of rotatable bonds is 8. The van der Waals surface area contributed by atoms with Crippen molar-refractivity contribution in [3.05, 3.63) is 4.91 Å². The summed E-state index contributed by atoms with van der Waals surface area (Å²) in [5.74, 6) is 0.702. The van der Waals surface area contributed by atoms with Crippen LogP contribution in [-0.4, -0.2) is 5.54 Å². The van der Waals surface area contributed by atoms with E-state index in [9.17, 15) is 4.91 Å². The molecule has 0 aromatic heterocycles. The zero-order valence-corrected chi connectivity index (χ0v) is 12.8. The van der Waals surface area contributed by atoms with Crippen molar-refractivity contribution in [1.29, 1.82) is 0 Å². The first-order chi connectivity index (χ1) is 7.79. The van der Waals surface area contributed by atoms with Gasteiger partial charge in [0.25, 0.3) is 0 Å². The van der Waals surface area contributed by atoms with Crippen molar-refractivity contribution in [3.63, 3.8) is 0 Å². The van der Waals surface area contributed by atoms with Gasteiger partial charge >= 0.3 is 0 Å². The van der Waals surface area contributed by atoms with Crippen molar-refractivity contribution in [2.45, 2.75) is 79.7 Å². The van der Waals surface area contributed by atoms with Crippen LogP contribution in [0, 0.1) is 22.2 Å². The lowest BCUT2D eigenvalue weighted by Crippen LogP contribution is -2.40. The Bertz CT molecular complexity index is 233. The van der Waals surface area contributed by atoms with Gasteiger partial charge in [0.1, 0.15) is 5.54 Å². The van der Waals surface area contributed by atoms with Crippen LogP contribution in [0.4, 0.5) is 0 Å². The highest BCUT2D eigenvalue weighted by Gasteiger charge is 2.40. The standard InChI is InChI=1S/C15H31NO/c1-8-13(11-14(6,9-2)10-3)15(7,16-17)12(4)5/h12-13H,8-11H2,1-7H3/t13-,15?/m1/s1. The number of hydrogen-bond acceptors (Lipinski definition) is 2. The number of nitroso groups, excluding NO2 is 1. The third-order valence-corrected chi connectivity index (χ3v) is 5.13. The summed E-state index contributed by atoms with van der Waals surface area (Å²) in [6.07, 6.45) is 4.49. The molecule has 0 aliphatic rings. The second-order valence-corrected chi connectivity index (χ2v) is 6.30. The molecule has 0 rings (SSSR count). The van der Waals surface area contributed by atoms with E-state index in [1.807, 2.05) is 6.92 Å². The molecule has 0 bridgehead atoms. The molecule has 0 aromatic carbocycles. The maximum atomic E-state index is 11.3. The van der Waals surface area contributed by atoms with Crippen LogP contribution in [-0.2, 0) is 0 Å². The Labute approximate surface area is 108 Å². The van der Waals surface area contributed by atoms with E-state index in [1.54, 1.807) is 0 Å². The van der Waals surface area contributed by atoms with Gasteiger partial charge in [-0.05, 0) is 30.6 Å². The van der Waals surface area contributed by atoms with Gasteiger partial charge in [0.05, 0.1) is 0 Å². The monoisotopic (exact) mass is 241 g/mol. The minimum Gasteiger partial charge on any atom is -0.150 e. The molecule has 0 saturated carbocycles. The van der Waals surface area contributed by atoms with Gasteiger partial charge in [0.2, 0.25) is 0 Å². The van der Waals surface area contributed by atoms with E-state index in [4.69, 9.17) is 0 Å². The maximum absolute atomic E-state index is 11.3. The van der Waals surface area contributed by atoms with Gasteiger partial charge in [-0.2, -0.15) is 4.91 Å². The summed E-state index contributed by atoms with van der Waals surface area (Å²) < 4.78 is 0. The van der Waals surface area contributed by atoms with Crippen LogP contribution >= 0.6 is 0 Å². The van der Waals surface area contributed by atoms with Crippen molar-refractivity contribution in [1.82, 2.24) is 0 Å². The highest BCUT2D eigenvalue weighted by molar-refractivity contribution is 4.94. The molecule has 2 heteroatoms. The van der Waals surface area contributed by atoms with Crippen molar-refractivity contribution < 1.29 is 0 Å². The summed E-state index contributed by atoms with van der Waals surface area (Å²) in [5, 5.41) is 3.49. The Morgan fingerprint density at radius 2 is 1.53 bits per heavy atom. The largest absolute Gasteiger partial charge is 0.150 e. The molecule has 0 N–H and O–H groups in total. The Morgan fingerprint density at radius 1 is 1.06 bits per heavy atom. The smallest absolute Gasteiger partial charge is 0.105 e. The van der Waals surface area contributed by atoms with Gasteiger partial charge in [-0.25, -0.2) is 0 Å². The highest BCUT2D eigenvalue weighted by Crippen LogP contribution is 2.42. The number of nitrogens with zero attached hydrogens (tertiary/aromatic N) is 1. The number of hydrogen-bond donors (Lipinski definition) is 0. The van der Waals surface area contributed by atoms with E-state index in [0.29, 0.717) is 17.3 Å². The van der Waals surface area contributed by atoms with Gasteiger partial charge in [-0.1, -0.05) is 66.0 Å². The topological polar surface area (TPSA) is 29.4 Å². The summed E-state index contributed by atoms with van der Waals surface area (Å²) >= 11 is 0. The van der Waals surface area contributed by atoms with Gasteiger partial charge in [-0.15, -0.1) is 0 Å². The Balaban J connectivity index is 5.01. The van der Waals surface area contributed by atoms with Crippen LogP contribution in [0.1, 0.15) is 74.1 Å². The molecule has 0 aromatic rings. The van der Waals surface area contributed by atoms with Crippen molar-refractivity contribution >= 4 is 0 Å². The van der Waals surface area contributed by atoms with Crippen LogP contribution in [0.5, 0.6) is 0 Å². The summed E-state index contributed by atoms with van der Waals surface area (Å²) in [7, 11) is 0. The summed E-state index contributed by atoms with van der Waals surface area (Å²) in [6.45, 7) is 15.3. The average molecular weight is 241 g/mol. The normalized spacial score (nSPS) is 17.9. The fraction of sp³-hybridized carbons (Fsp3) is 1.00. The molecule has 17 heavy (non-hydrogen) atoms. The molecular formula is C15H31NO. The molecule has 2 atom stereocenters. The predicted octanol–water partition coefficient (Wildman–Crippen LogP) is 5.41. The second kappa shape index (κ2) is 6.51. The van der Waals surface area contributed by atoms with E-state index in [2.05, 4.69) is 46.7 Å². The lowest BCUT2D eigenvalue weighted by Gasteiger charge is -2.40. The molecule has 0 spiro atoms. The third kappa shape index (κ3) is 3.79. The zero-order valence-electron chi connectivity index (χ0n) is 12.8. The van der Waals surface area contributed by atoms with E-state index in [-0.39, 0.29) is 0 Å². The Kier molecular flexibility index (Phi) is 6.36. The van der Waals surface area contributed by atoms with E-state index < -0.39 is 5.54 Å². The fourth-order valence-electron chi connectivity index (χ4n) is 2.55. The molecular weight excluding hydrogens is 210 g/mol. The minimum atomic E-state index is -0.416. The lowest BCUT2D eigenvalue weighted by molar-refractivity contribution is 0.129. The molecule has 0 radical (unpaired) electrons. The predicted molar refractivity (Wildman–Crippen MR) is 76.1 cm³/mol. The Hall–Kier alpha value is -0.400. The molecule has 0 amide bonds. The Morgan fingerprint density at radius 3 is 1.76 bits per heavy atom. The molecule has 1 unspecified atom stereocenters. The van der Waals surface area contributed by atoms with Gasteiger partial charge in [0, 0.05) is 0 Å². The van der Waals surface area contributed by atoms with Gasteiger partial charge < -0.3 is 0 Å². The molecule has 0 aliphatic carbocycles. The van der Waals surface area contributed by atoms with Crippen LogP contribution in [0.3, 0.4) is 0 Å². The first-order valence-corrected chi connectivity index (χ1v) is 7.14. The highest BCUT2D eigenvalue weighted by atomic mass is 16.3. The van der Waals surface area contributed by atoms with Crippen molar-refractivity contribution in [3.8, 4) is 0 Å². The van der Waals surface area contributed by atoms with Crippen LogP contribution in [0.15, 0.2) is 5.18 Å². The summed E-state index contributed by atoms with van der Waals surface area (Å²) in [5.41, 5.74) is -0.0676. The quantitative estimate of drug-likeness (QED) is 0.522. The second-order valence-electron chi connectivity index (χ2n) is 6.30. The molecule has 0 aliphatic heterocycles.